The summed E-state index contributed by atoms with van der Waals surface area (Å²) in [4.78, 5) is 28.1. The molecule has 0 saturated heterocycles. The van der Waals surface area contributed by atoms with Crippen LogP contribution in [0.1, 0.15) is 23.4 Å². The Morgan fingerprint density at radius 1 is 1.50 bits per heavy atom. The Hall–Kier alpha value is -1.92. The quantitative estimate of drug-likeness (QED) is 0.710. The van der Waals surface area contributed by atoms with Crippen molar-refractivity contribution < 1.29 is 9.59 Å². The van der Waals surface area contributed by atoms with Gasteiger partial charge in [-0.1, -0.05) is 0 Å². The smallest absolute Gasteiger partial charge is 0.293 e. The molecule has 0 aliphatic rings. The maximum Gasteiger partial charge on any atom is 0.293 e. The Morgan fingerprint density at radius 2 is 2.19 bits per heavy atom. The van der Waals surface area contributed by atoms with Gasteiger partial charge < -0.3 is 10.2 Å². The topological polar surface area (TPSA) is 91.0 Å². The van der Waals surface area contributed by atoms with Gasteiger partial charge >= 0.3 is 0 Å². The molecule has 0 aliphatic carbocycles. The molecule has 0 saturated carbocycles. The van der Waals surface area contributed by atoms with Crippen molar-refractivity contribution in [3.63, 3.8) is 0 Å². The van der Waals surface area contributed by atoms with E-state index in [1.807, 2.05) is 6.92 Å². The van der Waals surface area contributed by atoms with Gasteiger partial charge in [-0.25, -0.2) is 4.98 Å². The summed E-state index contributed by atoms with van der Waals surface area (Å²) >= 11 is 0. The zero-order valence-electron chi connectivity index (χ0n) is 9.57. The maximum absolute atomic E-state index is 11.7. The number of aromatic amines is 1. The minimum absolute atomic E-state index is 0.000259. The van der Waals surface area contributed by atoms with Crippen molar-refractivity contribution in [1.29, 1.82) is 0 Å². The van der Waals surface area contributed by atoms with Crippen molar-refractivity contribution in [3.8, 4) is 0 Å². The third-order valence-electron chi connectivity index (χ3n) is 1.89. The third kappa shape index (κ3) is 3.04. The molecule has 0 spiro atoms. The van der Waals surface area contributed by atoms with Gasteiger partial charge in [0.15, 0.2) is 0 Å². The Bertz CT molecular complexity index is 387. The zero-order valence-corrected chi connectivity index (χ0v) is 9.57. The van der Waals surface area contributed by atoms with E-state index in [4.69, 9.17) is 0 Å². The number of amides is 2. The summed E-state index contributed by atoms with van der Waals surface area (Å²) in [6.45, 7) is 4.06. The van der Waals surface area contributed by atoms with Crippen LogP contribution in [0.5, 0.6) is 0 Å². The monoisotopic (exact) mass is 225 g/mol. The van der Waals surface area contributed by atoms with E-state index in [2.05, 4.69) is 20.5 Å². The van der Waals surface area contributed by atoms with E-state index < -0.39 is 0 Å². The number of hydrogen-bond acceptors (Lipinski definition) is 4. The highest BCUT2D eigenvalue weighted by atomic mass is 16.2. The number of carbonyl (C=O) groups is 2. The summed E-state index contributed by atoms with van der Waals surface area (Å²) < 4.78 is 0. The second-order valence-electron chi connectivity index (χ2n) is 3.36. The second kappa shape index (κ2) is 5.24. The van der Waals surface area contributed by atoms with Gasteiger partial charge in [0.05, 0.1) is 6.54 Å². The van der Waals surface area contributed by atoms with Gasteiger partial charge in [0.2, 0.25) is 11.7 Å². The van der Waals surface area contributed by atoms with E-state index in [1.54, 1.807) is 6.92 Å². The Balaban J connectivity index is 2.57. The highest BCUT2D eigenvalue weighted by Crippen LogP contribution is 1.96. The molecule has 2 N–H and O–H groups in total. The second-order valence-corrected chi connectivity index (χ2v) is 3.36. The lowest BCUT2D eigenvalue weighted by atomic mass is 10.4. The van der Waals surface area contributed by atoms with Gasteiger partial charge in [0.1, 0.15) is 5.82 Å². The van der Waals surface area contributed by atoms with Crippen LogP contribution in [0, 0.1) is 6.92 Å². The highest BCUT2D eigenvalue weighted by molar-refractivity contribution is 5.93. The number of nitrogens with zero attached hydrogens (tertiary/aromatic N) is 3. The molecule has 2 amide bonds. The van der Waals surface area contributed by atoms with Crippen molar-refractivity contribution in [2.24, 2.45) is 0 Å². The molecule has 1 heterocycles. The molecule has 0 radical (unpaired) electrons. The fourth-order valence-electron chi connectivity index (χ4n) is 1.15. The third-order valence-corrected chi connectivity index (χ3v) is 1.89. The Morgan fingerprint density at radius 3 is 2.69 bits per heavy atom. The first-order chi connectivity index (χ1) is 7.54. The highest BCUT2D eigenvalue weighted by Gasteiger charge is 2.18. The van der Waals surface area contributed by atoms with Crippen LogP contribution in [-0.4, -0.2) is 52.0 Å². The lowest BCUT2D eigenvalue weighted by Crippen LogP contribution is -2.38. The zero-order chi connectivity index (χ0) is 12.1. The van der Waals surface area contributed by atoms with E-state index in [0.717, 1.165) is 0 Å². The van der Waals surface area contributed by atoms with E-state index in [1.165, 1.54) is 11.9 Å². The maximum atomic E-state index is 11.7. The number of nitrogens with one attached hydrogen (secondary N) is 2. The predicted molar refractivity (Wildman–Crippen MR) is 56.8 cm³/mol. The summed E-state index contributed by atoms with van der Waals surface area (Å²) in [6, 6.07) is 0. The molecule has 1 aromatic heterocycles. The number of likely N-dealkylation sites (N-methyl/N-ethyl adjacent to an activating group) is 2. The number of aryl methyl sites for hydroxylation is 1. The number of H-pyrrole nitrogens is 1. The molecule has 0 bridgehead atoms. The fraction of sp³-hybridized carbons (Fsp3) is 0.556. The minimum Gasteiger partial charge on any atom is -0.355 e. The molecule has 16 heavy (non-hydrogen) atoms. The molecule has 0 fully saturated rings. The largest absolute Gasteiger partial charge is 0.355 e. The van der Waals surface area contributed by atoms with Crippen LogP contribution in [0.25, 0.3) is 0 Å². The molecule has 0 aromatic carbocycles. The first kappa shape index (κ1) is 12.2. The number of aromatic nitrogens is 3. The SMILES string of the molecule is CCNC(=O)CN(C)C(=O)c1n[nH]c(C)n1. The van der Waals surface area contributed by atoms with Crippen molar-refractivity contribution in [2.45, 2.75) is 13.8 Å². The van der Waals surface area contributed by atoms with Crippen LogP contribution in [0.2, 0.25) is 0 Å². The number of carbonyl (C=O) groups excluding carboxylic acids is 2. The van der Waals surface area contributed by atoms with Gasteiger partial charge in [-0.15, -0.1) is 5.10 Å². The molecule has 1 rings (SSSR count). The van der Waals surface area contributed by atoms with Crippen LogP contribution in [0.4, 0.5) is 0 Å². The van der Waals surface area contributed by atoms with Crippen molar-refractivity contribution in [1.82, 2.24) is 25.4 Å². The molecular weight excluding hydrogens is 210 g/mol. The summed E-state index contributed by atoms with van der Waals surface area (Å²) in [6.07, 6.45) is 0. The van der Waals surface area contributed by atoms with Crippen LogP contribution >= 0.6 is 0 Å². The van der Waals surface area contributed by atoms with Crippen molar-refractivity contribution in [2.75, 3.05) is 20.1 Å². The van der Waals surface area contributed by atoms with E-state index in [0.29, 0.717) is 12.4 Å². The molecular formula is C9H15N5O2. The average molecular weight is 225 g/mol. The molecule has 7 nitrogen and oxygen atoms in total. The summed E-state index contributed by atoms with van der Waals surface area (Å²) in [5.74, 6) is 0.0558. The van der Waals surface area contributed by atoms with Crippen LogP contribution in [0.3, 0.4) is 0 Å². The normalized spacial score (nSPS) is 9.94. The van der Waals surface area contributed by atoms with Gasteiger partial charge in [-0.3, -0.25) is 14.7 Å². The van der Waals surface area contributed by atoms with Gasteiger partial charge in [0, 0.05) is 13.6 Å². The Kier molecular flexibility index (Phi) is 3.98. The first-order valence-electron chi connectivity index (χ1n) is 4.95. The van der Waals surface area contributed by atoms with E-state index in [-0.39, 0.29) is 24.2 Å². The first-order valence-corrected chi connectivity index (χ1v) is 4.95. The molecule has 0 unspecified atom stereocenters. The molecule has 1 aromatic rings. The van der Waals surface area contributed by atoms with Gasteiger partial charge in [0.25, 0.3) is 5.91 Å². The summed E-state index contributed by atoms with van der Waals surface area (Å²) in [5, 5.41) is 8.91. The van der Waals surface area contributed by atoms with Crippen LogP contribution in [-0.2, 0) is 4.79 Å². The minimum atomic E-state index is -0.379. The molecule has 88 valence electrons. The average Bonchev–Trinajstić information content (AvgIpc) is 2.64. The van der Waals surface area contributed by atoms with Crippen molar-refractivity contribution in [3.05, 3.63) is 11.6 Å². The van der Waals surface area contributed by atoms with Gasteiger partial charge in [-0.2, -0.15) is 0 Å². The number of hydrogen-bond donors (Lipinski definition) is 2. The summed E-state index contributed by atoms with van der Waals surface area (Å²) in [7, 11) is 1.53. The van der Waals surface area contributed by atoms with Crippen LogP contribution in [0.15, 0.2) is 0 Å². The van der Waals surface area contributed by atoms with Crippen LogP contribution < -0.4 is 5.32 Å². The van der Waals surface area contributed by atoms with E-state index >= 15 is 0 Å². The van der Waals surface area contributed by atoms with Gasteiger partial charge in [-0.05, 0) is 13.8 Å². The lowest BCUT2D eigenvalue weighted by molar-refractivity contribution is -0.121. The van der Waals surface area contributed by atoms with Crippen molar-refractivity contribution >= 4 is 11.8 Å². The Labute approximate surface area is 93.2 Å². The fourth-order valence-corrected chi connectivity index (χ4v) is 1.15. The molecule has 7 heteroatoms. The lowest BCUT2D eigenvalue weighted by Gasteiger charge is -2.14. The molecule has 0 aliphatic heterocycles. The standard InChI is InChI=1S/C9H15N5O2/c1-4-10-7(15)5-14(3)9(16)8-11-6(2)12-13-8/h4-5H2,1-3H3,(H,10,15)(H,11,12,13). The van der Waals surface area contributed by atoms with E-state index in [9.17, 15) is 9.59 Å². The summed E-state index contributed by atoms with van der Waals surface area (Å²) in [5.41, 5.74) is 0. The number of rotatable bonds is 4. The predicted octanol–water partition coefficient (Wildman–Crippen LogP) is -0.679. The molecule has 0 atom stereocenters.